The van der Waals surface area contributed by atoms with Crippen LogP contribution in [0.15, 0.2) is 36.9 Å². The van der Waals surface area contributed by atoms with Crippen molar-refractivity contribution in [2.75, 3.05) is 24.1 Å². The van der Waals surface area contributed by atoms with Crippen molar-refractivity contribution in [1.82, 2.24) is 24.8 Å². The maximum absolute atomic E-state index is 12.4. The number of carbonyl (C=O) groups is 1. The van der Waals surface area contributed by atoms with Crippen LogP contribution in [0.4, 0.5) is 11.6 Å². The molecule has 1 saturated carbocycles. The van der Waals surface area contributed by atoms with Gasteiger partial charge in [0.15, 0.2) is 0 Å². The molecule has 3 N–H and O–H groups in total. The van der Waals surface area contributed by atoms with Gasteiger partial charge in [-0.15, -0.1) is 0 Å². The molecule has 1 aliphatic heterocycles. The van der Waals surface area contributed by atoms with E-state index in [2.05, 4.69) is 25.3 Å². The van der Waals surface area contributed by atoms with Gasteiger partial charge < -0.3 is 20.7 Å². The summed E-state index contributed by atoms with van der Waals surface area (Å²) in [6, 6.07) is 3.90. The Labute approximate surface area is 186 Å². The van der Waals surface area contributed by atoms with Crippen LogP contribution in [0.3, 0.4) is 0 Å². The Morgan fingerprint density at radius 3 is 2.47 bits per heavy atom. The normalized spacial score (nSPS) is 20.9. The fraction of sp³-hybridized carbons (Fsp3) is 0.435. The van der Waals surface area contributed by atoms with E-state index >= 15 is 0 Å². The molecule has 2 aromatic heterocycles. The Kier molecular flexibility index (Phi) is 5.70. The van der Waals surface area contributed by atoms with Gasteiger partial charge in [0.05, 0.1) is 17.2 Å². The Morgan fingerprint density at radius 1 is 1.00 bits per heavy atom. The summed E-state index contributed by atoms with van der Waals surface area (Å²) in [5.41, 5.74) is 8.65. The summed E-state index contributed by atoms with van der Waals surface area (Å²) >= 11 is 0. The van der Waals surface area contributed by atoms with Crippen LogP contribution in [-0.4, -0.2) is 56.0 Å². The monoisotopic (exact) mass is 433 g/mol. The number of benzene rings is 1. The molecule has 0 atom stereocenters. The zero-order valence-electron chi connectivity index (χ0n) is 17.9. The number of anilines is 2. The molecule has 2 aliphatic rings. The summed E-state index contributed by atoms with van der Waals surface area (Å²) in [5.74, 6) is 1.26. The van der Waals surface area contributed by atoms with Gasteiger partial charge in [0.2, 0.25) is 5.95 Å². The minimum Gasteiger partial charge on any atom is -0.488 e. The molecule has 1 saturated heterocycles. The van der Waals surface area contributed by atoms with Crippen LogP contribution in [0, 0.1) is 0 Å². The molecule has 3 heterocycles. The highest BCUT2D eigenvalue weighted by molar-refractivity contribution is 5.93. The second-order valence-electron chi connectivity index (χ2n) is 8.47. The molecule has 0 bridgehead atoms. The Bertz CT molecular complexity index is 1090. The molecule has 32 heavy (non-hydrogen) atoms. The van der Waals surface area contributed by atoms with E-state index in [0.29, 0.717) is 22.9 Å². The molecule has 3 aromatic rings. The Morgan fingerprint density at radius 2 is 1.72 bits per heavy atom. The minimum absolute atomic E-state index is 0.0190. The van der Waals surface area contributed by atoms with Crippen molar-refractivity contribution in [3.05, 3.63) is 42.5 Å². The van der Waals surface area contributed by atoms with E-state index in [4.69, 9.17) is 10.5 Å². The fourth-order valence-corrected chi connectivity index (χ4v) is 4.46. The molecule has 166 valence electrons. The van der Waals surface area contributed by atoms with E-state index in [1.54, 1.807) is 30.9 Å². The first-order valence-corrected chi connectivity index (χ1v) is 11.2. The Hall–Kier alpha value is -3.49. The predicted octanol–water partition coefficient (Wildman–Crippen LogP) is 3.04. The van der Waals surface area contributed by atoms with Crippen molar-refractivity contribution in [3.8, 4) is 5.75 Å². The smallest absolute Gasteiger partial charge is 0.256 e. The molecule has 1 aromatic carbocycles. The summed E-state index contributed by atoms with van der Waals surface area (Å²) in [7, 11) is 0. The average Bonchev–Trinajstić information content (AvgIpc) is 3.35. The number of hydrogen-bond donors (Lipinski definition) is 2. The SMILES string of the molecule is Nc1cc(OC2CCC(Nc3ncc(C(=O)N4CCCC4)cn3)CC2)c2nccnc2c1. The molecular weight excluding hydrogens is 406 g/mol. The minimum atomic E-state index is 0.0190. The van der Waals surface area contributed by atoms with Gasteiger partial charge in [-0.25, -0.2) is 15.0 Å². The van der Waals surface area contributed by atoms with Gasteiger partial charge >= 0.3 is 0 Å². The maximum atomic E-state index is 12.4. The topological polar surface area (TPSA) is 119 Å². The quantitative estimate of drug-likeness (QED) is 0.589. The number of carbonyl (C=O) groups excluding carboxylic acids is 1. The highest BCUT2D eigenvalue weighted by Gasteiger charge is 2.24. The number of amides is 1. The molecule has 1 amide bonds. The lowest BCUT2D eigenvalue weighted by molar-refractivity contribution is 0.0792. The number of nitrogens with two attached hydrogens (primary N) is 1. The molecular formula is C23H27N7O2. The van der Waals surface area contributed by atoms with Crippen molar-refractivity contribution in [1.29, 1.82) is 0 Å². The van der Waals surface area contributed by atoms with Crippen LogP contribution in [0.1, 0.15) is 48.9 Å². The van der Waals surface area contributed by atoms with Crippen LogP contribution >= 0.6 is 0 Å². The number of aromatic nitrogens is 4. The lowest BCUT2D eigenvalue weighted by atomic mass is 9.93. The highest BCUT2D eigenvalue weighted by atomic mass is 16.5. The molecule has 0 spiro atoms. The first-order chi connectivity index (χ1) is 15.7. The zero-order chi connectivity index (χ0) is 21.9. The van der Waals surface area contributed by atoms with E-state index in [-0.39, 0.29) is 18.1 Å². The zero-order valence-corrected chi connectivity index (χ0v) is 17.9. The van der Waals surface area contributed by atoms with E-state index in [1.165, 1.54) is 0 Å². The van der Waals surface area contributed by atoms with Crippen molar-refractivity contribution in [2.45, 2.75) is 50.7 Å². The molecule has 2 fully saturated rings. The fourth-order valence-electron chi connectivity index (χ4n) is 4.46. The number of hydrogen-bond acceptors (Lipinski definition) is 8. The summed E-state index contributed by atoms with van der Waals surface area (Å²) in [6.45, 7) is 1.64. The van der Waals surface area contributed by atoms with Crippen molar-refractivity contribution < 1.29 is 9.53 Å². The molecule has 9 nitrogen and oxygen atoms in total. The van der Waals surface area contributed by atoms with Gasteiger partial charge in [-0.3, -0.25) is 9.78 Å². The summed E-state index contributed by atoms with van der Waals surface area (Å²) in [4.78, 5) is 31.8. The number of nitrogens with zero attached hydrogens (tertiary/aromatic N) is 5. The standard InChI is InChI=1S/C23H27N7O2/c24-16-11-19-21(26-8-7-25-19)20(12-16)32-18-5-3-17(4-6-18)29-23-27-13-15(14-28-23)22(31)30-9-1-2-10-30/h7-8,11-14,17-18H,1-6,9-10,24H2,(H,27,28,29). The van der Waals surface area contributed by atoms with Gasteiger partial charge in [-0.05, 0) is 44.6 Å². The first-order valence-electron chi connectivity index (χ1n) is 11.2. The third-order valence-corrected chi connectivity index (χ3v) is 6.15. The number of ether oxygens (including phenoxy) is 1. The molecule has 1 aliphatic carbocycles. The highest BCUT2D eigenvalue weighted by Crippen LogP contribution is 2.30. The van der Waals surface area contributed by atoms with Crippen molar-refractivity contribution in [3.63, 3.8) is 0 Å². The van der Waals surface area contributed by atoms with Gasteiger partial charge in [-0.1, -0.05) is 0 Å². The molecule has 0 unspecified atom stereocenters. The summed E-state index contributed by atoms with van der Waals surface area (Å²) in [6.07, 6.45) is 12.5. The number of rotatable bonds is 5. The predicted molar refractivity (Wildman–Crippen MR) is 121 cm³/mol. The number of fused-ring (bicyclic) bond motifs is 1. The van der Waals surface area contributed by atoms with Gasteiger partial charge in [0.25, 0.3) is 5.91 Å². The number of nitrogen functional groups attached to an aromatic ring is 1. The van der Waals surface area contributed by atoms with Crippen LogP contribution in [0.25, 0.3) is 11.0 Å². The third kappa shape index (κ3) is 4.42. The second-order valence-corrected chi connectivity index (χ2v) is 8.47. The molecule has 0 radical (unpaired) electrons. The van der Waals surface area contributed by atoms with E-state index in [1.807, 2.05) is 11.0 Å². The van der Waals surface area contributed by atoms with Gasteiger partial charge in [-0.2, -0.15) is 0 Å². The Balaban J connectivity index is 1.16. The molecule has 5 rings (SSSR count). The van der Waals surface area contributed by atoms with Gasteiger partial charge in [0, 0.05) is 55.7 Å². The maximum Gasteiger partial charge on any atom is 0.256 e. The van der Waals surface area contributed by atoms with Crippen LogP contribution in [0.5, 0.6) is 5.75 Å². The number of nitrogens with one attached hydrogen (secondary N) is 1. The lowest BCUT2D eigenvalue weighted by Gasteiger charge is -2.29. The van der Waals surface area contributed by atoms with Crippen molar-refractivity contribution in [2.24, 2.45) is 0 Å². The van der Waals surface area contributed by atoms with E-state index < -0.39 is 0 Å². The van der Waals surface area contributed by atoms with E-state index in [0.717, 1.165) is 62.6 Å². The summed E-state index contributed by atoms with van der Waals surface area (Å²) < 4.78 is 6.26. The largest absolute Gasteiger partial charge is 0.488 e. The van der Waals surface area contributed by atoms with Crippen LogP contribution in [-0.2, 0) is 0 Å². The van der Waals surface area contributed by atoms with Crippen LogP contribution < -0.4 is 15.8 Å². The average molecular weight is 434 g/mol. The second kappa shape index (κ2) is 8.94. The van der Waals surface area contributed by atoms with Crippen molar-refractivity contribution >= 4 is 28.6 Å². The summed E-state index contributed by atoms with van der Waals surface area (Å²) in [5, 5.41) is 3.39. The van der Waals surface area contributed by atoms with E-state index in [9.17, 15) is 4.79 Å². The van der Waals surface area contributed by atoms with Gasteiger partial charge in [0.1, 0.15) is 11.3 Å². The third-order valence-electron chi connectivity index (χ3n) is 6.15. The first kappa shape index (κ1) is 20.4. The lowest BCUT2D eigenvalue weighted by Crippen LogP contribution is -2.32. The van der Waals surface area contributed by atoms with Crippen LogP contribution in [0.2, 0.25) is 0 Å². The number of likely N-dealkylation sites (tertiary alicyclic amines) is 1. The molecule has 9 heteroatoms.